The van der Waals surface area contributed by atoms with Crippen LogP contribution in [0, 0.1) is 0 Å². The van der Waals surface area contributed by atoms with Crippen LogP contribution in [-0.2, 0) is 23.7 Å². The zero-order valence-corrected chi connectivity index (χ0v) is 52.0. The monoisotopic (exact) mass is 1190 g/mol. The first-order valence-corrected chi connectivity index (χ1v) is 32.6. The third-order valence-electron chi connectivity index (χ3n) is 14.7. The van der Waals surface area contributed by atoms with E-state index < -0.39 is 86.8 Å². The largest absolute Gasteiger partial charge is 0.394 e. The van der Waals surface area contributed by atoms with Gasteiger partial charge in [-0.25, -0.2) is 0 Å². The lowest BCUT2D eigenvalue weighted by Crippen LogP contribution is -2.65. The molecule has 0 aromatic heterocycles. The van der Waals surface area contributed by atoms with Gasteiger partial charge in [-0.2, -0.15) is 0 Å². The van der Waals surface area contributed by atoms with E-state index in [-0.39, 0.29) is 18.9 Å². The second-order valence-electron chi connectivity index (χ2n) is 22.1. The van der Waals surface area contributed by atoms with Crippen LogP contribution in [0.5, 0.6) is 0 Å². The maximum atomic E-state index is 13.3. The molecule has 2 rings (SSSR count). The molecule has 0 radical (unpaired) electrons. The highest BCUT2D eigenvalue weighted by Crippen LogP contribution is 2.30. The lowest BCUT2D eigenvalue weighted by Gasteiger charge is -2.46. The smallest absolute Gasteiger partial charge is 0.220 e. The fraction of sp³-hybridized carbons (Fsp3) is 0.648. The number of hydrogen-bond donors (Lipinski definition) is 9. The van der Waals surface area contributed by atoms with E-state index in [0.717, 1.165) is 83.5 Å². The highest BCUT2D eigenvalue weighted by Gasteiger charge is 2.51. The fourth-order valence-electron chi connectivity index (χ4n) is 9.56. The zero-order valence-electron chi connectivity index (χ0n) is 52.0. The first-order valence-electron chi connectivity index (χ1n) is 32.6. The molecular formula is C71H115NO13. The minimum absolute atomic E-state index is 0.179. The van der Waals surface area contributed by atoms with Crippen molar-refractivity contribution in [3.05, 3.63) is 146 Å². The molecule has 2 aliphatic rings. The van der Waals surface area contributed by atoms with Crippen LogP contribution >= 0.6 is 0 Å². The number of amides is 1. The molecule has 12 atom stereocenters. The second-order valence-corrected chi connectivity index (χ2v) is 22.1. The van der Waals surface area contributed by atoms with Crippen molar-refractivity contribution in [2.75, 3.05) is 19.8 Å². The molecule has 1 amide bonds. The van der Waals surface area contributed by atoms with Crippen molar-refractivity contribution in [2.24, 2.45) is 0 Å². The van der Waals surface area contributed by atoms with Gasteiger partial charge in [0, 0.05) is 6.42 Å². The highest BCUT2D eigenvalue weighted by atomic mass is 16.7. The van der Waals surface area contributed by atoms with Gasteiger partial charge in [0.05, 0.1) is 32.0 Å². The quantitative estimate of drug-likeness (QED) is 0.0204. The van der Waals surface area contributed by atoms with Crippen molar-refractivity contribution >= 4 is 5.91 Å². The molecule has 14 heteroatoms. The average Bonchev–Trinajstić information content (AvgIpc) is 3.69. The third-order valence-corrected chi connectivity index (χ3v) is 14.7. The van der Waals surface area contributed by atoms with E-state index in [0.29, 0.717) is 19.3 Å². The molecule has 482 valence electrons. The Bertz CT molecular complexity index is 1980. The molecule has 0 aliphatic carbocycles. The minimum Gasteiger partial charge on any atom is -0.394 e. The van der Waals surface area contributed by atoms with Crippen LogP contribution in [0.3, 0.4) is 0 Å². The van der Waals surface area contributed by atoms with Crippen LogP contribution in [0.4, 0.5) is 0 Å². The van der Waals surface area contributed by atoms with Crippen molar-refractivity contribution in [1.82, 2.24) is 5.32 Å². The summed E-state index contributed by atoms with van der Waals surface area (Å²) in [6.45, 7) is 2.61. The second kappa shape index (κ2) is 54.1. The van der Waals surface area contributed by atoms with E-state index in [1.54, 1.807) is 6.08 Å². The molecule has 12 unspecified atom stereocenters. The van der Waals surface area contributed by atoms with E-state index in [1.807, 2.05) is 12.2 Å². The van der Waals surface area contributed by atoms with Crippen LogP contribution in [-0.4, -0.2) is 140 Å². The van der Waals surface area contributed by atoms with Gasteiger partial charge in [-0.3, -0.25) is 4.79 Å². The van der Waals surface area contributed by atoms with Crippen LogP contribution in [0.25, 0.3) is 0 Å². The predicted octanol–water partition coefficient (Wildman–Crippen LogP) is 12.5. The summed E-state index contributed by atoms with van der Waals surface area (Å²) < 4.78 is 22.7. The van der Waals surface area contributed by atoms with Gasteiger partial charge in [0.15, 0.2) is 12.6 Å². The Morgan fingerprint density at radius 1 is 0.435 bits per heavy atom. The maximum Gasteiger partial charge on any atom is 0.220 e. The summed E-state index contributed by atoms with van der Waals surface area (Å²) in [4.78, 5) is 13.3. The Kier molecular flexibility index (Phi) is 48.9. The molecule has 9 N–H and O–H groups in total. The Labute approximate surface area is 513 Å². The molecule has 2 aliphatic heterocycles. The topological polar surface area (TPSA) is 228 Å². The van der Waals surface area contributed by atoms with E-state index in [4.69, 9.17) is 18.9 Å². The molecule has 0 saturated carbocycles. The Morgan fingerprint density at radius 2 is 0.824 bits per heavy atom. The Morgan fingerprint density at radius 3 is 1.29 bits per heavy atom. The van der Waals surface area contributed by atoms with E-state index >= 15 is 0 Å². The van der Waals surface area contributed by atoms with E-state index in [1.165, 1.54) is 77.0 Å². The molecule has 2 heterocycles. The lowest BCUT2D eigenvalue weighted by molar-refractivity contribution is -0.359. The summed E-state index contributed by atoms with van der Waals surface area (Å²) in [5.41, 5.74) is 0. The molecule has 2 saturated heterocycles. The third kappa shape index (κ3) is 38.7. The summed E-state index contributed by atoms with van der Waals surface area (Å²) in [6, 6.07) is -0.982. The van der Waals surface area contributed by atoms with Crippen LogP contribution < -0.4 is 5.32 Å². The Balaban J connectivity index is 1.79. The lowest BCUT2D eigenvalue weighted by atomic mass is 9.97. The first-order chi connectivity index (χ1) is 41.6. The fourth-order valence-corrected chi connectivity index (χ4v) is 9.56. The van der Waals surface area contributed by atoms with Gasteiger partial charge < -0.3 is 65.1 Å². The summed E-state index contributed by atoms with van der Waals surface area (Å²) in [5, 5.41) is 87.2. The van der Waals surface area contributed by atoms with Gasteiger partial charge in [-0.05, 0) is 109 Å². The standard InChI is InChI=1S/C71H115NO13/c1-3-5-7-9-11-13-15-17-19-21-23-25-27-28-29-30-31-32-33-35-37-39-41-43-45-47-49-51-53-55-63(76)72-59(58-82-70-68(81)66(79)69(62(57-74)84-70)85-71-67(80)65(78)64(77)61(56-73)83-71)60(75)54-52-50-48-46-44-42-40-38-36-34-26-24-22-20-18-16-14-12-10-8-6-4-2/h5,7,11,13,17,19,23,25,28-29,31-32,35-38,41,43-44,46-47,49,52,54,59-62,64-71,73-75,77-81H,3-4,6,8-10,12,14-16,18,20-22,24,26-27,30,33-34,39-40,42,45,48,50-51,53,55-58H2,1-2H3,(H,72,76)/b7-5-,13-11-,19-17-,25-23-,29-28-,32-31-,37-35-,38-36+,43-41-,46-44+,49-47-,54-52+. The predicted molar refractivity (Wildman–Crippen MR) is 345 cm³/mol. The summed E-state index contributed by atoms with van der Waals surface area (Å²) in [6.07, 6.45) is 64.6. The molecular weight excluding hydrogens is 1070 g/mol. The van der Waals surface area contributed by atoms with Gasteiger partial charge >= 0.3 is 0 Å². The van der Waals surface area contributed by atoms with Crippen LogP contribution in [0.15, 0.2) is 146 Å². The number of carbonyl (C=O) groups excluding carboxylic acids is 1. The average molecular weight is 1190 g/mol. The van der Waals surface area contributed by atoms with Gasteiger partial charge in [0.2, 0.25) is 5.91 Å². The number of ether oxygens (including phenoxy) is 4. The normalized spacial score (nSPS) is 24.5. The Hall–Kier alpha value is -4.13. The summed E-state index contributed by atoms with van der Waals surface area (Å²) in [7, 11) is 0. The van der Waals surface area contributed by atoms with Crippen molar-refractivity contribution in [1.29, 1.82) is 0 Å². The molecule has 0 aromatic carbocycles. The number of unbranched alkanes of at least 4 members (excludes halogenated alkanes) is 15. The number of aliphatic hydroxyl groups is 8. The van der Waals surface area contributed by atoms with Crippen LogP contribution in [0.2, 0.25) is 0 Å². The van der Waals surface area contributed by atoms with Gasteiger partial charge in [0.1, 0.15) is 48.8 Å². The van der Waals surface area contributed by atoms with Crippen molar-refractivity contribution in [3.63, 3.8) is 0 Å². The summed E-state index contributed by atoms with van der Waals surface area (Å²) in [5.74, 6) is -0.317. The van der Waals surface area contributed by atoms with Gasteiger partial charge in [-0.15, -0.1) is 0 Å². The number of nitrogens with one attached hydrogen (secondary N) is 1. The number of carbonyl (C=O) groups is 1. The molecule has 0 spiro atoms. The molecule has 14 nitrogen and oxygen atoms in total. The number of hydrogen-bond acceptors (Lipinski definition) is 13. The highest BCUT2D eigenvalue weighted by molar-refractivity contribution is 5.76. The zero-order chi connectivity index (χ0) is 61.6. The first kappa shape index (κ1) is 77.0. The number of aliphatic hydroxyl groups excluding tert-OH is 8. The maximum absolute atomic E-state index is 13.3. The molecule has 2 fully saturated rings. The molecule has 0 aromatic rings. The van der Waals surface area contributed by atoms with Crippen molar-refractivity contribution < 1.29 is 64.6 Å². The molecule has 85 heavy (non-hydrogen) atoms. The van der Waals surface area contributed by atoms with E-state index in [2.05, 4.69) is 147 Å². The SMILES string of the molecule is CC/C=C\C/C=C\C/C=C\C/C=C\C/C=C\C/C=C\C/C=C\C/C=C\C/C=C\CCCC(=O)NC(COC1OC(CO)C(OC2OC(CO)C(O)C(O)C2O)C(O)C1O)C(O)/C=C/CC/C=C/CC/C=C/CCCCCCCCCCCCCC. The van der Waals surface area contributed by atoms with Crippen molar-refractivity contribution in [2.45, 2.75) is 274 Å². The van der Waals surface area contributed by atoms with Crippen LogP contribution in [0.1, 0.15) is 200 Å². The van der Waals surface area contributed by atoms with Gasteiger partial charge in [-0.1, -0.05) is 230 Å². The molecule has 0 bridgehead atoms. The van der Waals surface area contributed by atoms with Gasteiger partial charge in [0.25, 0.3) is 0 Å². The number of rotatable bonds is 50. The van der Waals surface area contributed by atoms with Crippen molar-refractivity contribution in [3.8, 4) is 0 Å². The van der Waals surface area contributed by atoms with E-state index in [9.17, 15) is 45.6 Å². The number of allylic oxidation sites excluding steroid dienone is 23. The summed E-state index contributed by atoms with van der Waals surface area (Å²) >= 11 is 0. The minimum atomic E-state index is -1.81.